The van der Waals surface area contributed by atoms with Crippen LogP contribution >= 0.6 is 0 Å². The van der Waals surface area contributed by atoms with Gasteiger partial charge in [0.2, 0.25) is 5.58 Å². The summed E-state index contributed by atoms with van der Waals surface area (Å²) < 4.78 is 13.3. The number of nitrogens with zero attached hydrogens (tertiary/aromatic N) is 2. The van der Waals surface area contributed by atoms with E-state index < -0.39 is 0 Å². The molecule has 0 amide bonds. The lowest BCUT2D eigenvalue weighted by Crippen LogP contribution is -2.36. The molecule has 5 aromatic rings. The highest BCUT2D eigenvalue weighted by Crippen LogP contribution is 2.52. The molecule has 1 fully saturated rings. The Morgan fingerprint density at radius 1 is 0.927 bits per heavy atom. The van der Waals surface area contributed by atoms with E-state index in [0.717, 1.165) is 33.4 Å². The summed E-state index contributed by atoms with van der Waals surface area (Å²) in [6.07, 6.45) is 7.60. The monoisotopic (exact) mass is 543 g/mol. The summed E-state index contributed by atoms with van der Waals surface area (Å²) in [4.78, 5) is 13.6. The highest BCUT2D eigenvalue weighted by Gasteiger charge is 2.42. The molecule has 2 aliphatic rings. The number of fused-ring (bicyclic) bond motifs is 4. The number of carbonyl (C=O) groups is 1. The van der Waals surface area contributed by atoms with Crippen LogP contribution in [0.4, 0.5) is 11.4 Å². The highest BCUT2D eigenvalue weighted by atomic mass is 16.5. The van der Waals surface area contributed by atoms with Gasteiger partial charge in [0, 0.05) is 29.4 Å². The first-order valence-corrected chi connectivity index (χ1v) is 14.1. The Kier molecular flexibility index (Phi) is 6.61. The van der Waals surface area contributed by atoms with Crippen molar-refractivity contribution in [3.63, 3.8) is 0 Å². The summed E-state index contributed by atoms with van der Waals surface area (Å²) in [5.74, 6) is 1.11. The number of oxazole rings is 1. The maximum absolute atomic E-state index is 11.1. The van der Waals surface area contributed by atoms with Gasteiger partial charge in [-0.25, -0.2) is 0 Å². The first-order valence-electron chi connectivity index (χ1n) is 14.1. The van der Waals surface area contributed by atoms with Gasteiger partial charge in [-0.2, -0.15) is 0 Å². The lowest BCUT2D eigenvalue weighted by Gasteiger charge is -2.27. The van der Waals surface area contributed by atoms with Crippen LogP contribution in [0.1, 0.15) is 47.8 Å². The largest absolute Gasteiger partial charge is 0.407 e. The Labute approximate surface area is 238 Å². The van der Waals surface area contributed by atoms with Crippen molar-refractivity contribution in [2.45, 2.75) is 44.6 Å². The average Bonchev–Trinajstić information content (AvgIpc) is 3.72. The molecule has 1 aliphatic heterocycles. The molecule has 4 aromatic carbocycles. The molecule has 41 heavy (non-hydrogen) atoms. The predicted octanol–water partition coefficient (Wildman–Crippen LogP) is 6.97. The molecule has 1 aliphatic carbocycles. The van der Waals surface area contributed by atoms with Crippen molar-refractivity contribution in [2.24, 2.45) is 0 Å². The molecule has 2 atom stereocenters. The Hall–Kier alpha value is -4.68. The van der Waals surface area contributed by atoms with Crippen LogP contribution in [0, 0.1) is 0 Å². The van der Waals surface area contributed by atoms with E-state index in [0.29, 0.717) is 24.3 Å². The minimum atomic E-state index is 0.0549. The maximum atomic E-state index is 11.1. The summed E-state index contributed by atoms with van der Waals surface area (Å²) in [6, 6.07) is 31.6. The third-order valence-electron chi connectivity index (χ3n) is 8.45. The van der Waals surface area contributed by atoms with E-state index in [1.54, 1.807) is 0 Å². The SMILES string of the molecule is O=COC[n+]1c(/C=C/c2ccc3c(c2)C2CCCC2N3c2ccc(CO)cc2)oc2ccc(-c3ccccc3)cc21. The number of ether oxygens (including phenoxy) is 1. The maximum Gasteiger partial charge on any atom is 0.377 e. The van der Waals surface area contributed by atoms with Gasteiger partial charge < -0.3 is 19.2 Å². The van der Waals surface area contributed by atoms with Gasteiger partial charge >= 0.3 is 5.89 Å². The first kappa shape index (κ1) is 25.3. The first-order chi connectivity index (χ1) is 20.2. The van der Waals surface area contributed by atoms with Crippen molar-refractivity contribution in [3.05, 3.63) is 114 Å². The second-order valence-corrected chi connectivity index (χ2v) is 10.8. The molecule has 7 rings (SSSR count). The fourth-order valence-electron chi connectivity index (χ4n) is 6.52. The summed E-state index contributed by atoms with van der Waals surface area (Å²) >= 11 is 0. The van der Waals surface area contributed by atoms with E-state index in [-0.39, 0.29) is 13.3 Å². The fourth-order valence-corrected chi connectivity index (χ4v) is 6.52. The third-order valence-corrected chi connectivity index (χ3v) is 8.45. The molecule has 2 unspecified atom stereocenters. The minimum Gasteiger partial charge on any atom is -0.407 e. The molecule has 0 bridgehead atoms. The van der Waals surface area contributed by atoms with Gasteiger partial charge in [0.25, 0.3) is 18.7 Å². The number of carbonyl (C=O) groups excluding carboxylic acids is 1. The van der Waals surface area contributed by atoms with Crippen LogP contribution in [0.15, 0.2) is 95.4 Å². The predicted molar refractivity (Wildman–Crippen MR) is 159 cm³/mol. The third kappa shape index (κ3) is 4.60. The van der Waals surface area contributed by atoms with Crippen molar-refractivity contribution in [1.82, 2.24) is 0 Å². The Bertz CT molecular complexity index is 1740. The average molecular weight is 544 g/mol. The number of anilines is 2. The Morgan fingerprint density at radius 3 is 2.59 bits per heavy atom. The van der Waals surface area contributed by atoms with Gasteiger partial charge in [-0.05, 0) is 77.1 Å². The number of hydrogen-bond donors (Lipinski definition) is 1. The van der Waals surface area contributed by atoms with Gasteiger partial charge in [0.15, 0.2) is 0 Å². The molecule has 204 valence electrons. The summed E-state index contributed by atoms with van der Waals surface area (Å²) in [6.45, 7) is 0.577. The van der Waals surface area contributed by atoms with E-state index in [1.807, 2.05) is 53.1 Å². The summed E-state index contributed by atoms with van der Waals surface area (Å²) in [5, 5.41) is 9.47. The van der Waals surface area contributed by atoms with Crippen LogP contribution in [-0.2, 0) is 22.9 Å². The molecular weight excluding hydrogens is 512 g/mol. The molecule has 1 saturated carbocycles. The van der Waals surface area contributed by atoms with Gasteiger partial charge in [0.05, 0.1) is 12.7 Å². The Morgan fingerprint density at radius 2 is 1.78 bits per heavy atom. The molecular formula is C35H31N2O4+. The van der Waals surface area contributed by atoms with Crippen LogP contribution in [0.25, 0.3) is 34.4 Å². The van der Waals surface area contributed by atoms with Gasteiger partial charge in [0.1, 0.15) is 0 Å². The van der Waals surface area contributed by atoms with Crippen molar-refractivity contribution in [2.75, 3.05) is 4.90 Å². The second-order valence-electron chi connectivity index (χ2n) is 10.8. The number of rotatable bonds is 8. The van der Waals surface area contributed by atoms with E-state index in [2.05, 4.69) is 59.5 Å². The number of benzene rings is 4. The van der Waals surface area contributed by atoms with Crippen molar-refractivity contribution in [3.8, 4) is 11.1 Å². The standard InChI is InChI=1S/C35H31N2O4/c38-21-25-9-14-28(15-10-25)37-31-8-4-7-29(31)30-19-24(11-16-32(30)37)12-18-35-36(22-40-23-39)33-20-27(13-17-34(33)41-35)26-5-2-1-3-6-26/h1-3,5-6,9-20,23,29,31,38H,4,7-8,21-22H2/q+1. The van der Waals surface area contributed by atoms with Crippen molar-refractivity contribution in [1.29, 1.82) is 0 Å². The topological polar surface area (TPSA) is 66.8 Å². The van der Waals surface area contributed by atoms with Crippen LogP contribution in [-0.4, -0.2) is 17.6 Å². The summed E-state index contributed by atoms with van der Waals surface area (Å²) in [5.41, 5.74) is 9.61. The minimum absolute atomic E-state index is 0.0549. The number of aliphatic hydroxyl groups excluding tert-OH is 1. The number of aromatic nitrogens is 1. The fraction of sp³-hybridized carbons (Fsp3) is 0.200. The number of hydrogen-bond acceptors (Lipinski definition) is 5. The molecule has 6 heteroatoms. The zero-order valence-electron chi connectivity index (χ0n) is 22.6. The van der Waals surface area contributed by atoms with E-state index >= 15 is 0 Å². The molecule has 0 radical (unpaired) electrons. The van der Waals surface area contributed by atoms with Crippen LogP contribution < -0.4 is 9.47 Å². The molecule has 6 nitrogen and oxygen atoms in total. The lowest BCUT2D eigenvalue weighted by atomic mass is 9.96. The van der Waals surface area contributed by atoms with Crippen molar-refractivity contribution < 1.29 is 23.6 Å². The summed E-state index contributed by atoms with van der Waals surface area (Å²) in [7, 11) is 0. The molecule has 2 heterocycles. The molecule has 1 N–H and O–H groups in total. The zero-order chi connectivity index (χ0) is 27.8. The van der Waals surface area contributed by atoms with Crippen LogP contribution in [0.3, 0.4) is 0 Å². The highest BCUT2D eigenvalue weighted by molar-refractivity contribution is 5.80. The molecule has 1 aromatic heterocycles. The van der Waals surface area contributed by atoms with E-state index in [9.17, 15) is 9.90 Å². The van der Waals surface area contributed by atoms with Gasteiger partial charge in [-0.1, -0.05) is 61.0 Å². The van der Waals surface area contributed by atoms with Crippen molar-refractivity contribution >= 4 is 41.1 Å². The second kappa shape index (κ2) is 10.7. The van der Waals surface area contributed by atoms with Gasteiger partial charge in [-0.3, -0.25) is 4.79 Å². The smallest absolute Gasteiger partial charge is 0.377 e. The zero-order valence-corrected chi connectivity index (χ0v) is 22.6. The lowest BCUT2D eigenvalue weighted by molar-refractivity contribution is -0.709. The number of aliphatic hydroxyl groups is 1. The molecule has 0 spiro atoms. The van der Waals surface area contributed by atoms with Gasteiger partial charge in [-0.15, -0.1) is 4.57 Å². The molecule has 0 saturated heterocycles. The van der Waals surface area contributed by atoms with E-state index in [4.69, 9.17) is 9.15 Å². The van der Waals surface area contributed by atoms with Crippen LogP contribution in [0.5, 0.6) is 0 Å². The Balaban J connectivity index is 1.23. The quantitative estimate of drug-likeness (QED) is 0.169. The van der Waals surface area contributed by atoms with Crippen LogP contribution in [0.2, 0.25) is 0 Å². The normalized spacial score (nSPS) is 17.7. The van der Waals surface area contributed by atoms with E-state index in [1.165, 1.54) is 36.2 Å².